The van der Waals surface area contributed by atoms with Crippen molar-refractivity contribution in [2.45, 2.75) is 77.3 Å². The van der Waals surface area contributed by atoms with Crippen LogP contribution in [0, 0.1) is 0 Å². The van der Waals surface area contributed by atoms with Gasteiger partial charge in [0.15, 0.2) is 0 Å². The molecule has 1 fully saturated rings. The van der Waals surface area contributed by atoms with E-state index in [4.69, 9.17) is 20.4 Å². The van der Waals surface area contributed by atoms with Gasteiger partial charge in [0.1, 0.15) is 0 Å². The van der Waals surface area contributed by atoms with Crippen molar-refractivity contribution in [1.29, 1.82) is 0 Å². The number of carbonyl (C=O) groups is 4. The molecule has 1 heterocycles. The lowest BCUT2D eigenvalue weighted by Crippen LogP contribution is -2.56. The van der Waals surface area contributed by atoms with E-state index in [0.717, 1.165) is 51.9 Å². The standard InChI is InChI=1S/C26H48N4O8/c1-21-19-30(14-6-4-12-28(17-9-25(35)36)18-10-26(37)38)22(2)20-29(21)13-5-3-11-27(15-7-23(31)32)16-8-24(33)34/h21-22H,3-20H2,1-2H3,(H,31,32)(H,33,34)(H,35,36)(H,37,38)/t21-,22+. The van der Waals surface area contributed by atoms with E-state index in [1.165, 1.54) is 0 Å². The monoisotopic (exact) mass is 544 g/mol. The minimum atomic E-state index is -0.875. The summed E-state index contributed by atoms with van der Waals surface area (Å²) in [5.41, 5.74) is 0. The van der Waals surface area contributed by atoms with Crippen LogP contribution in [-0.2, 0) is 19.2 Å². The number of carboxylic acid groups (broad SMARTS) is 4. The minimum Gasteiger partial charge on any atom is -0.481 e. The molecule has 2 atom stereocenters. The summed E-state index contributed by atoms with van der Waals surface area (Å²) in [6.45, 7) is 11.1. The summed E-state index contributed by atoms with van der Waals surface area (Å²) in [5.74, 6) is -3.50. The molecule has 220 valence electrons. The molecule has 38 heavy (non-hydrogen) atoms. The maximum atomic E-state index is 10.9. The van der Waals surface area contributed by atoms with E-state index in [1.54, 1.807) is 0 Å². The third-order valence-corrected chi connectivity index (χ3v) is 7.15. The third kappa shape index (κ3) is 15.9. The number of hydrogen-bond acceptors (Lipinski definition) is 8. The molecule has 0 aliphatic carbocycles. The van der Waals surface area contributed by atoms with Gasteiger partial charge in [0.05, 0.1) is 25.7 Å². The average molecular weight is 545 g/mol. The quantitative estimate of drug-likeness (QED) is 0.145. The molecule has 1 rings (SSSR count). The molecule has 0 bridgehead atoms. The first-order valence-corrected chi connectivity index (χ1v) is 13.8. The lowest BCUT2D eigenvalue weighted by molar-refractivity contribution is -0.139. The number of rotatable bonds is 22. The van der Waals surface area contributed by atoms with Gasteiger partial charge in [-0.15, -0.1) is 0 Å². The van der Waals surface area contributed by atoms with Crippen molar-refractivity contribution in [3.8, 4) is 0 Å². The number of hydrogen-bond donors (Lipinski definition) is 4. The van der Waals surface area contributed by atoms with Crippen molar-refractivity contribution in [3.63, 3.8) is 0 Å². The van der Waals surface area contributed by atoms with Crippen molar-refractivity contribution < 1.29 is 39.6 Å². The molecule has 0 aromatic heterocycles. The van der Waals surface area contributed by atoms with Crippen LogP contribution >= 0.6 is 0 Å². The largest absolute Gasteiger partial charge is 0.481 e. The second kappa shape index (κ2) is 18.9. The zero-order valence-electron chi connectivity index (χ0n) is 23.1. The summed E-state index contributed by atoms with van der Waals surface area (Å²) < 4.78 is 0. The number of nitrogens with zero attached hydrogens (tertiary/aromatic N) is 4. The van der Waals surface area contributed by atoms with Gasteiger partial charge in [-0.1, -0.05) is 0 Å². The van der Waals surface area contributed by atoms with E-state index in [1.807, 2.05) is 9.80 Å². The van der Waals surface area contributed by atoms with Crippen molar-refractivity contribution in [2.75, 3.05) is 65.4 Å². The Balaban J connectivity index is 2.36. The molecule has 0 amide bonds. The van der Waals surface area contributed by atoms with Crippen LogP contribution in [0.3, 0.4) is 0 Å². The molecule has 0 unspecified atom stereocenters. The molecule has 0 radical (unpaired) electrons. The highest BCUT2D eigenvalue weighted by atomic mass is 16.4. The predicted octanol–water partition coefficient (Wildman–Crippen LogP) is 1.44. The first-order chi connectivity index (χ1) is 18.0. The van der Waals surface area contributed by atoms with Gasteiger partial charge >= 0.3 is 23.9 Å². The molecule has 1 aliphatic rings. The Morgan fingerprint density at radius 2 is 0.842 bits per heavy atom. The van der Waals surface area contributed by atoms with Crippen LogP contribution in [0.5, 0.6) is 0 Å². The highest BCUT2D eigenvalue weighted by Crippen LogP contribution is 2.17. The van der Waals surface area contributed by atoms with Crippen LogP contribution in [-0.4, -0.2) is 141 Å². The van der Waals surface area contributed by atoms with Gasteiger partial charge < -0.3 is 30.2 Å². The van der Waals surface area contributed by atoms with Crippen molar-refractivity contribution in [2.24, 2.45) is 0 Å². The molecule has 0 aromatic rings. The number of aliphatic carboxylic acids is 4. The fourth-order valence-electron chi connectivity index (χ4n) is 4.88. The minimum absolute atomic E-state index is 0.0127. The van der Waals surface area contributed by atoms with Gasteiger partial charge in [-0.3, -0.25) is 29.0 Å². The Morgan fingerprint density at radius 1 is 0.553 bits per heavy atom. The lowest BCUT2D eigenvalue weighted by Gasteiger charge is -2.44. The topological polar surface area (TPSA) is 162 Å². The molecule has 0 aromatic carbocycles. The molecule has 4 N–H and O–H groups in total. The first kappa shape index (κ1) is 33.7. The van der Waals surface area contributed by atoms with E-state index in [0.29, 0.717) is 51.4 Å². The Morgan fingerprint density at radius 3 is 1.11 bits per heavy atom. The maximum Gasteiger partial charge on any atom is 0.304 e. The van der Waals surface area contributed by atoms with Crippen molar-refractivity contribution in [3.05, 3.63) is 0 Å². The molecule has 1 aliphatic heterocycles. The van der Waals surface area contributed by atoms with Crippen molar-refractivity contribution >= 4 is 23.9 Å². The van der Waals surface area contributed by atoms with Crippen LogP contribution in [0.15, 0.2) is 0 Å². The van der Waals surface area contributed by atoms with Gasteiger partial charge in [0.2, 0.25) is 0 Å². The Bertz CT molecular complexity index is 642. The molecule has 1 saturated heterocycles. The summed E-state index contributed by atoms with van der Waals surface area (Å²) in [7, 11) is 0. The zero-order valence-corrected chi connectivity index (χ0v) is 23.1. The Kier molecular flexibility index (Phi) is 16.8. The summed E-state index contributed by atoms with van der Waals surface area (Å²) in [5, 5.41) is 35.7. The van der Waals surface area contributed by atoms with E-state index in [2.05, 4.69) is 23.6 Å². The van der Waals surface area contributed by atoms with E-state index in [9.17, 15) is 19.2 Å². The average Bonchev–Trinajstić information content (AvgIpc) is 2.83. The van der Waals surface area contributed by atoms with Gasteiger partial charge in [0.25, 0.3) is 0 Å². The summed E-state index contributed by atoms with van der Waals surface area (Å²) in [6, 6.07) is 0.813. The van der Waals surface area contributed by atoms with Crippen LogP contribution in [0.4, 0.5) is 0 Å². The highest BCUT2D eigenvalue weighted by Gasteiger charge is 2.28. The summed E-state index contributed by atoms with van der Waals surface area (Å²) in [6.07, 6.45) is 3.77. The normalized spacial score (nSPS) is 18.7. The van der Waals surface area contributed by atoms with E-state index in [-0.39, 0.29) is 25.7 Å². The molecule has 0 spiro atoms. The van der Waals surface area contributed by atoms with Crippen LogP contribution in [0.1, 0.15) is 65.2 Å². The smallest absolute Gasteiger partial charge is 0.304 e. The second-order valence-electron chi connectivity index (χ2n) is 10.4. The number of carboxylic acids is 4. The van der Waals surface area contributed by atoms with Gasteiger partial charge in [0, 0.05) is 51.4 Å². The van der Waals surface area contributed by atoms with E-state index >= 15 is 0 Å². The SMILES string of the molecule is C[C@@H]1CN(CCCCN(CCC(=O)O)CCC(=O)O)[C@@H](C)CN1CCCCN(CCC(=O)O)CCC(=O)O. The Hall–Kier alpha value is -2.28. The second-order valence-corrected chi connectivity index (χ2v) is 10.4. The van der Waals surface area contributed by atoms with Crippen molar-refractivity contribution in [1.82, 2.24) is 19.6 Å². The molecule has 12 heteroatoms. The van der Waals surface area contributed by atoms with Crippen LogP contribution in [0.25, 0.3) is 0 Å². The summed E-state index contributed by atoms with van der Waals surface area (Å²) in [4.78, 5) is 52.4. The van der Waals surface area contributed by atoms with Gasteiger partial charge in [-0.05, 0) is 65.7 Å². The Labute approximate surface area is 226 Å². The highest BCUT2D eigenvalue weighted by molar-refractivity contribution is 5.68. The number of unbranched alkanes of at least 4 members (excludes halogenated alkanes) is 2. The van der Waals surface area contributed by atoms with Crippen LogP contribution < -0.4 is 0 Å². The van der Waals surface area contributed by atoms with Gasteiger partial charge in [-0.25, -0.2) is 0 Å². The van der Waals surface area contributed by atoms with Gasteiger partial charge in [-0.2, -0.15) is 0 Å². The summed E-state index contributed by atoms with van der Waals surface area (Å²) >= 11 is 0. The molecule has 12 nitrogen and oxygen atoms in total. The van der Waals surface area contributed by atoms with Crippen LogP contribution in [0.2, 0.25) is 0 Å². The zero-order chi connectivity index (χ0) is 28.5. The molecular formula is C26H48N4O8. The maximum absolute atomic E-state index is 10.9. The fraction of sp³-hybridized carbons (Fsp3) is 0.846. The fourth-order valence-corrected chi connectivity index (χ4v) is 4.88. The molecular weight excluding hydrogens is 496 g/mol. The first-order valence-electron chi connectivity index (χ1n) is 13.8. The molecule has 0 saturated carbocycles. The number of piperazine rings is 1. The lowest BCUT2D eigenvalue weighted by atomic mass is 10.1. The van der Waals surface area contributed by atoms with E-state index < -0.39 is 23.9 Å². The predicted molar refractivity (Wildman–Crippen MR) is 142 cm³/mol. The third-order valence-electron chi connectivity index (χ3n) is 7.15.